The number of benzene rings is 3. The van der Waals surface area contributed by atoms with Gasteiger partial charge in [0.25, 0.3) is 0 Å². The number of para-hydroxylation sites is 1. The van der Waals surface area contributed by atoms with Crippen LogP contribution in [0.5, 0.6) is 17.2 Å². The van der Waals surface area contributed by atoms with Crippen LogP contribution in [0.2, 0.25) is 0 Å². The largest absolute Gasteiger partial charge is 0.490 e. The van der Waals surface area contributed by atoms with Crippen molar-refractivity contribution in [2.45, 2.75) is 26.4 Å². The molecule has 0 aliphatic carbocycles. The molecule has 3 aromatic carbocycles. The number of hydrogen-bond donors (Lipinski definition) is 1. The summed E-state index contributed by atoms with van der Waals surface area (Å²) < 4.78 is 16.9. The summed E-state index contributed by atoms with van der Waals surface area (Å²) in [4.78, 5) is 11.2. The highest BCUT2D eigenvalue weighted by Gasteiger charge is 2.17. The SMILES string of the molecule is CCO[C@@H](Cc1ccc(OC/C=C(\C)c2ccc(Oc3ccccc3)cc2)cc1)C(=O)O. The minimum atomic E-state index is -0.951. The van der Waals surface area contributed by atoms with Gasteiger partial charge >= 0.3 is 5.97 Å². The predicted octanol–water partition coefficient (Wildman–Crippen LogP) is 5.99. The molecule has 0 radical (unpaired) electrons. The minimum absolute atomic E-state index is 0.326. The van der Waals surface area contributed by atoms with Gasteiger partial charge in [-0.15, -0.1) is 0 Å². The average molecular weight is 433 g/mol. The van der Waals surface area contributed by atoms with Gasteiger partial charge in [-0.3, -0.25) is 0 Å². The predicted molar refractivity (Wildman–Crippen MR) is 125 cm³/mol. The van der Waals surface area contributed by atoms with E-state index in [0.717, 1.165) is 33.9 Å². The number of rotatable bonds is 11. The molecule has 1 atom stereocenters. The van der Waals surface area contributed by atoms with E-state index in [-0.39, 0.29) is 0 Å². The van der Waals surface area contributed by atoms with E-state index in [0.29, 0.717) is 19.6 Å². The fourth-order valence-electron chi connectivity index (χ4n) is 3.15. The lowest BCUT2D eigenvalue weighted by molar-refractivity contribution is -0.149. The van der Waals surface area contributed by atoms with Crippen LogP contribution in [-0.2, 0) is 16.0 Å². The molecular formula is C27H28O5. The van der Waals surface area contributed by atoms with E-state index in [4.69, 9.17) is 14.2 Å². The van der Waals surface area contributed by atoms with Gasteiger partial charge in [-0.25, -0.2) is 4.79 Å². The topological polar surface area (TPSA) is 65.0 Å². The van der Waals surface area contributed by atoms with Crippen molar-refractivity contribution in [3.8, 4) is 17.2 Å². The second-order valence-corrected chi connectivity index (χ2v) is 7.27. The Kier molecular flexibility index (Phi) is 8.46. The van der Waals surface area contributed by atoms with E-state index in [2.05, 4.69) is 0 Å². The van der Waals surface area contributed by atoms with Crippen LogP contribution in [0.1, 0.15) is 25.0 Å². The zero-order valence-corrected chi connectivity index (χ0v) is 18.4. The van der Waals surface area contributed by atoms with Gasteiger partial charge < -0.3 is 19.3 Å². The molecule has 166 valence electrons. The Hall–Kier alpha value is -3.57. The first-order valence-corrected chi connectivity index (χ1v) is 10.6. The summed E-state index contributed by atoms with van der Waals surface area (Å²) in [6.07, 6.45) is 1.52. The van der Waals surface area contributed by atoms with Gasteiger partial charge in [-0.2, -0.15) is 0 Å². The summed E-state index contributed by atoms with van der Waals surface area (Å²) in [5, 5.41) is 9.20. The van der Waals surface area contributed by atoms with Crippen LogP contribution in [0.4, 0.5) is 0 Å². The Morgan fingerprint density at radius 1 is 0.906 bits per heavy atom. The number of ether oxygens (including phenoxy) is 3. The molecule has 0 amide bonds. The maximum absolute atomic E-state index is 11.2. The van der Waals surface area contributed by atoms with Gasteiger partial charge in [-0.05, 0) is 73.0 Å². The van der Waals surface area contributed by atoms with Gasteiger partial charge in [0.05, 0.1) is 0 Å². The van der Waals surface area contributed by atoms with Crippen molar-refractivity contribution in [2.24, 2.45) is 0 Å². The molecule has 0 bridgehead atoms. The second kappa shape index (κ2) is 11.7. The molecule has 0 aliphatic heterocycles. The molecule has 0 saturated heterocycles. The Morgan fingerprint density at radius 3 is 2.16 bits per heavy atom. The first-order valence-electron chi connectivity index (χ1n) is 10.6. The lowest BCUT2D eigenvalue weighted by atomic mass is 10.1. The number of carbonyl (C=O) groups is 1. The van der Waals surface area contributed by atoms with Crippen molar-refractivity contribution < 1.29 is 24.1 Å². The number of carboxylic acid groups (broad SMARTS) is 1. The van der Waals surface area contributed by atoms with Crippen LogP contribution < -0.4 is 9.47 Å². The Balaban J connectivity index is 1.51. The van der Waals surface area contributed by atoms with E-state index < -0.39 is 12.1 Å². The average Bonchev–Trinajstić information content (AvgIpc) is 2.81. The molecule has 0 aromatic heterocycles. The van der Waals surface area contributed by atoms with E-state index in [1.54, 1.807) is 6.92 Å². The van der Waals surface area contributed by atoms with Crippen LogP contribution >= 0.6 is 0 Å². The molecule has 0 heterocycles. The van der Waals surface area contributed by atoms with Crippen molar-refractivity contribution in [3.63, 3.8) is 0 Å². The molecule has 3 aromatic rings. The molecule has 0 unspecified atom stereocenters. The molecular weight excluding hydrogens is 404 g/mol. The smallest absolute Gasteiger partial charge is 0.333 e. The highest BCUT2D eigenvalue weighted by atomic mass is 16.5. The third-order valence-corrected chi connectivity index (χ3v) is 4.92. The van der Waals surface area contributed by atoms with Gasteiger partial charge in [0.15, 0.2) is 6.10 Å². The standard InChI is InChI=1S/C27H28O5/c1-3-30-26(27(28)29)19-21-9-13-23(14-10-21)31-18-17-20(2)22-11-15-25(16-12-22)32-24-7-5-4-6-8-24/h4-17,26H,3,18-19H2,1-2H3,(H,28,29)/b20-17+/t26-/m0/s1. The van der Waals surface area contributed by atoms with E-state index >= 15 is 0 Å². The van der Waals surface area contributed by atoms with E-state index in [9.17, 15) is 9.90 Å². The number of allylic oxidation sites excluding steroid dienone is 1. The highest BCUT2D eigenvalue weighted by Crippen LogP contribution is 2.23. The van der Waals surface area contributed by atoms with Crippen molar-refractivity contribution in [1.29, 1.82) is 0 Å². The van der Waals surface area contributed by atoms with Crippen LogP contribution in [0.25, 0.3) is 5.57 Å². The molecule has 1 N–H and O–H groups in total. The molecule has 0 aliphatic rings. The van der Waals surface area contributed by atoms with Crippen LogP contribution in [0.3, 0.4) is 0 Å². The van der Waals surface area contributed by atoms with Crippen molar-refractivity contribution in [3.05, 3.63) is 96.1 Å². The normalized spacial score (nSPS) is 12.2. The Bertz CT molecular complexity index is 1010. The Labute approximate surface area is 188 Å². The molecule has 0 spiro atoms. The summed E-state index contributed by atoms with van der Waals surface area (Å²) in [6, 6.07) is 25.1. The summed E-state index contributed by atoms with van der Waals surface area (Å²) in [7, 11) is 0. The molecule has 3 rings (SSSR count). The maximum Gasteiger partial charge on any atom is 0.333 e. The van der Waals surface area contributed by atoms with Crippen molar-refractivity contribution in [2.75, 3.05) is 13.2 Å². The van der Waals surface area contributed by atoms with E-state index in [1.807, 2.05) is 91.9 Å². The highest BCUT2D eigenvalue weighted by molar-refractivity contribution is 5.72. The summed E-state index contributed by atoms with van der Waals surface area (Å²) in [5.74, 6) is 1.38. The van der Waals surface area contributed by atoms with Crippen LogP contribution in [-0.4, -0.2) is 30.4 Å². The van der Waals surface area contributed by atoms with Crippen molar-refractivity contribution in [1.82, 2.24) is 0 Å². The van der Waals surface area contributed by atoms with Gasteiger partial charge in [-0.1, -0.05) is 42.5 Å². The molecule has 0 saturated carbocycles. The maximum atomic E-state index is 11.2. The van der Waals surface area contributed by atoms with E-state index in [1.165, 1.54) is 0 Å². The summed E-state index contributed by atoms with van der Waals surface area (Å²) in [6.45, 7) is 4.63. The van der Waals surface area contributed by atoms with Gasteiger partial charge in [0, 0.05) is 13.0 Å². The third-order valence-electron chi connectivity index (χ3n) is 4.92. The lowest BCUT2D eigenvalue weighted by Crippen LogP contribution is -2.26. The zero-order chi connectivity index (χ0) is 22.8. The minimum Gasteiger partial charge on any atom is -0.490 e. The molecule has 5 heteroatoms. The molecule has 32 heavy (non-hydrogen) atoms. The summed E-state index contributed by atoms with van der Waals surface area (Å²) in [5.41, 5.74) is 3.09. The molecule has 0 fully saturated rings. The van der Waals surface area contributed by atoms with Crippen LogP contribution in [0.15, 0.2) is 84.9 Å². The quantitative estimate of drug-likeness (QED) is 0.403. The number of carboxylic acids is 1. The zero-order valence-electron chi connectivity index (χ0n) is 18.4. The first kappa shape index (κ1) is 23.1. The van der Waals surface area contributed by atoms with Gasteiger partial charge in [0.1, 0.15) is 23.9 Å². The first-order chi connectivity index (χ1) is 15.5. The second-order valence-electron chi connectivity index (χ2n) is 7.27. The lowest BCUT2D eigenvalue weighted by Gasteiger charge is -2.12. The monoisotopic (exact) mass is 432 g/mol. The third kappa shape index (κ3) is 7.00. The Morgan fingerprint density at radius 2 is 1.53 bits per heavy atom. The summed E-state index contributed by atoms with van der Waals surface area (Å²) >= 11 is 0. The molecule has 5 nitrogen and oxygen atoms in total. The number of hydrogen-bond acceptors (Lipinski definition) is 4. The fraction of sp³-hybridized carbons (Fsp3) is 0.222. The number of aliphatic carboxylic acids is 1. The van der Waals surface area contributed by atoms with Crippen molar-refractivity contribution >= 4 is 11.5 Å². The fourth-order valence-corrected chi connectivity index (χ4v) is 3.15. The van der Waals surface area contributed by atoms with Gasteiger partial charge in [0.2, 0.25) is 0 Å². The van der Waals surface area contributed by atoms with Crippen LogP contribution in [0, 0.1) is 0 Å².